The molecule has 1 aliphatic rings. The van der Waals surface area contributed by atoms with Crippen LogP contribution < -0.4 is 11.1 Å². The fourth-order valence-electron chi connectivity index (χ4n) is 2.56. The molecule has 1 saturated carbocycles. The number of benzene rings is 1. The van der Waals surface area contributed by atoms with E-state index in [4.69, 9.17) is 10.8 Å². The van der Waals surface area contributed by atoms with Gasteiger partial charge in [-0.05, 0) is 36.8 Å². The number of rotatable bonds is 5. The molecule has 0 aliphatic heterocycles. The molecule has 1 fully saturated rings. The molecule has 2 aromatic rings. The molecule has 0 atom stereocenters. The van der Waals surface area contributed by atoms with Crippen LogP contribution in [0.3, 0.4) is 0 Å². The summed E-state index contributed by atoms with van der Waals surface area (Å²) in [6.07, 6.45) is 6.84. The average molecular weight is 257 g/mol. The molecular weight excluding hydrogens is 238 g/mol. The van der Waals surface area contributed by atoms with Crippen LogP contribution in [-0.4, -0.2) is 23.2 Å². The first kappa shape index (κ1) is 12.2. The molecule has 1 aliphatic carbocycles. The summed E-state index contributed by atoms with van der Waals surface area (Å²) in [4.78, 5) is 4.10. The van der Waals surface area contributed by atoms with E-state index in [0.717, 1.165) is 35.1 Å². The number of aliphatic hydroxyl groups is 1. The number of aliphatic hydroxyl groups excluding tert-OH is 1. The number of anilines is 2. The largest absolute Gasteiger partial charge is 0.397 e. The van der Waals surface area contributed by atoms with Gasteiger partial charge in [-0.3, -0.25) is 4.98 Å². The Kier molecular flexibility index (Phi) is 3.03. The van der Waals surface area contributed by atoms with Crippen molar-refractivity contribution in [1.82, 2.24) is 4.98 Å². The number of hydrogen-bond acceptors (Lipinski definition) is 4. The average Bonchev–Trinajstić information content (AvgIpc) is 3.19. The third-order valence-electron chi connectivity index (χ3n) is 4.11. The Balaban J connectivity index is 1.80. The number of nitrogens with two attached hydrogens (primary N) is 1. The molecule has 19 heavy (non-hydrogen) atoms. The number of nitrogen functional groups attached to an aromatic ring is 1. The minimum atomic E-state index is 0.264. The molecule has 4 nitrogen and oxygen atoms in total. The molecule has 1 aromatic heterocycles. The SMILES string of the molecule is Nc1c(NCC2(CCO)CC2)ccc2cnccc12. The van der Waals surface area contributed by atoms with Gasteiger partial charge in [-0.25, -0.2) is 0 Å². The van der Waals surface area contributed by atoms with Gasteiger partial charge in [0.2, 0.25) is 0 Å². The fourth-order valence-corrected chi connectivity index (χ4v) is 2.56. The van der Waals surface area contributed by atoms with Crippen LogP contribution in [0, 0.1) is 5.41 Å². The van der Waals surface area contributed by atoms with Crippen LogP contribution in [0.1, 0.15) is 19.3 Å². The lowest BCUT2D eigenvalue weighted by Gasteiger charge is -2.17. The van der Waals surface area contributed by atoms with Crippen molar-refractivity contribution in [3.63, 3.8) is 0 Å². The van der Waals surface area contributed by atoms with Crippen LogP contribution >= 0.6 is 0 Å². The number of nitrogens with zero attached hydrogens (tertiary/aromatic N) is 1. The van der Waals surface area contributed by atoms with Gasteiger partial charge >= 0.3 is 0 Å². The van der Waals surface area contributed by atoms with Gasteiger partial charge in [0.15, 0.2) is 0 Å². The molecule has 0 spiro atoms. The summed E-state index contributed by atoms with van der Waals surface area (Å²) in [6, 6.07) is 5.98. The van der Waals surface area contributed by atoms with Crippen LogP contribution in [0.25, 0.3) is 10.8 Å². The highest BCUT2D eigenvalue weighted by Gasteiger charge is 2.41. The van der Waals surface area contributed by atoms with Crippen LogP contribution in [-0.2, 0) is 0 Å². The second-order valence-electron chi connectivity index (χ2n) is 5.45. The van der Waals surface area contributed by atoms with Crippen LogP contribution in [0.2, 0.25) is 0 Å². The van der Waals surface area contributed by atoms with Gasteiger partial charge in [0.1, 0.15) is 0 Å². The van der Waals surface area contributed by atoms with Crippen molar-refractivity contribution < 1.29 is 5.11 Å². The smallest absolute Gasteiger partial charge is 0.0630 e. The molecular formula is C15H19N3O. The number of pyridine rings is 1. The maximum absolute atomic E-state index is 9.08. The minimum Gasteiger partial charge on any atom is -0.397 e. The van der Waals surface area contributed by atoms with Crippen LogP contribution in [0.15, 0.2) is 30.6 Å². The van der Waals surface area contributed by atoms with E-state index in [1.807, 2.05) is 24.4 Å². The lowest BCUT2D eigenvalue weighted by atomic mass is 10.0. The third kappa shape index (κ3) is 2.36. The molecule has 0 amide bonds. The Hall–Kier alpha value is -1.81. The molecule has 100 valence electrons. The Labute approximate surface area is 112 Å². The zero-order valence-corrected chi connectivity index (χ0v) is 10.9. The van der Waals surface area contributed by atoms with Gasteiger partial charge in [-0.15, -0.1) is 0 Å². The maximum Gasteiger partial charge on any atom is 0.0630 e. The molecule has 0 saturated heterocycles. The summed E-state index contributed by atoms with van der Waals surface area (Å²) < 4.78 is 0. The summed E-state index contributed by atoms with van der Waals surface area (Å²) in [5.74, 6) is 0. The standard InChI is InChI=1S/C15H19N3O/c16-14-12-3-7-17-9-11(12)1-2-13(14)18-10-15(4-5-15)6-8-19/h1-3,7,9,18-19H,4-6,8,10,16H2. The van der Waals surface area contributed by atoms with Gasteiger partial charge in [-0.2, -0.15) is 0 Å². The molecule has 0 radical (unpaired) electrons. The van der Waals surface area contributed by atoms with E-state index in [9.17, 15) is 0 Å². The van der Waals surface area contributed by atoms with Gasteiger partial charge in [0, 0.05) is 36.3 Å². The summed E-state index contributed by atoms with van der Waals surface area (Å²) >= 11 is 0. The maximum atomic E-state index is 9.08. The molecule has 1 heterocycles. The van der Waals surface area contributed by atoms with Crippen molar-refractivity contribution in [2.24, 2.45) is 5.41 Å². The lowest BCUT2D eigenvalue weighted by molar-refractivity contribution is 0.253. The highest BCUT2D eigenvalue weighted by Crippen LogP contribution is 2.48. The monoisotopic (exact) mass is 257 g/mol. The lowest BCUT2D eigenvalue weighted by Crippen LogP contribution is -2.17. The summed E-state index contributed by atoms with van der Waals surface area (Å²) in [5.41, 5.74) is 8.24. The summed E-state index contributed by atoms with van der Waals surface area (Å²) in [5, 5.41) is 14.6. The zero-order valence-electron chi connectivity index (χ0n) is 10.9. The van der Waals surface area contributed by atoms with Crippen molar-refractivity contribution in [2.75, 3.05) is 24.2 Å². The Morgan fingerprint density at radius 2 is 2.16 bits per heavy atom. The quantitative estimate of drug-likeness (QED) is 0.719. The number of aromatic nitrogens is 1. The van der Waals surface area contributed by atoms with Crippen molar-refractivity contribution in [3.8, 4) is 0 Å². The highest BCUT2D eigenvalue weighted by molar-refractivity contribution is 5.98. The second kappa shape index (κ2) is 4.70. The predicted octanol–water partition coefficient (Wildman–Crippen LogP) is 2.39. The first-order valence-electron chi connectivity index (χ1n) is 6.71. The fraction of sp³-hybridized carbons (Fsp3) is 0.400. The molecule has 4 N–H and O–H groups in total. The van der Waals surface area contributed by atoms with E-state index in [2.05, 4.69) is 10.3 Å². The first-order chi connectivity index (χ1) is 9.24. The second-order valence-corrected chi connectivity index (χ2v) is 5.45. The van der Waals surface area contributed by atoms with E-state index in [1.165, 1.54) is 12.8 Å². The normalized spacial score (nSPS) is 16.5. The molecule has 4 heteroatoms. The Bertz CT molecular complexity index is 593. The third-order valence-corrected chi connectivity index (χ3v) is 4.11. The van der Waals surface area contributed by atoms with E-state index in [1.54, 1.807) is 6.20 Å². The Morgan fingerprint density at radius 1 is 1.32 bits per heavy atom. The van der Waals surface area contributed by atoms with Gasteiger partial charge in [0.25, 0.3) is 0 Å². The number of fused-ring (bicyclic) bond motifs is 1. The van der Waals surface area contributed by atoms with Gasteiger partial charge in [0.05, 0.1) is 11.4 Å². The van der Waals surface area contributed by atoms with E-state index in [-0.39, 0.29) is 12.0 Å². The molecule has 3 rings (SSSR count). The van der Waals surface area contributed by atoms with Crippen molar-refractivity contribution in [2.45, 2.75) is 19.3 Å². The van der Waals surface area contributed by atoms with Gasteiger partial charge in [-0.1, -0.05) is 6.07 Å². The topological polar surface area (TPSA) is 71.2 Å². The number of nitrogens with one attached hydrogen (secondary N) is 1. The van der Waals surface area contributed by atoms with Crippen molar-refractivity contribution in [3.05, 3.63) is 30.6 Å². The highest BCUT2D eigenvalue weighted by atomic mass is 16.3. The van der Waals surface area contributed by atoms with Crippen molar-refractivity contribution in [1.29, 1.82) is 0 Å². The first-order valence-corrected chi connectivity index (χ1v) is 6.71. The van der Waals surface area contributed by atoms with Crippen molar-refractivity contribution >= 4 is 22.1 Å². The van der Waals surface area contributed by atoms with Gasteiger partial charge < -0.3 is 16.2 Å². The van der Waals surface area contributed by atoms with E-state index >= 15 is 0 Å². The minimum absolute atomic E-state index is 0.264. The molecule has 0 bridgehead atoms. The summed E-state index contributed by atoms with van der Waals surface area (Å²) in [7, 11) is 0. The van der Waals surface area contributed by atoms with E-state index < -0.39 is 0 Å². The zero-order chi connectivity index (χ0) is 13.3. The molecule has 1 aromatic carbocycles. The predicted molar refractivity (Wildman–Crippen MR) is 78.0 cm³/mol. The number of hydrogen-bond donors (Lipinski definition) is 3. The molecule has 0 unspecified atom stereocenters. The van der Waals surface area contributed by atoms with E-state index in [0.29, 0.717) is 0 Å². The summed E-state index contributed by atoms with van der Waals surface area (Å²) in [6.45, 7) is 1.15. The Morgan fingerprint density at radius 3 is 2.89 bits per heavy atom. The van der Waals surface area contributed by atoms with Crippen LogP contribution in [0.5, 0.6) is 0 Å². The van der Waals surface area contributed by atoms with Crippen LogP contribution in [0.4, 0.5) is 11.4 Å².